The first-order valence-electron chi connectivity index (χ1n) is 6.23. The van der Waals surface area contributed by atoms with E-state index in [4.69, 9.17) is 0 Å². The van der Waals surface area contributed by atoms with Crippen LogP contribution in [0.3, 0.4) is 0 Å². The van der Waals surface area contributed by atoms with Crippen LogP contribution in [0.1, 0.15) is 17.5 Å². The summed E-state index contributed by atoms with van der Waals surface area (Å²) in [7, 11) is 0. The smallest absolute Gasteiger partial charge is 0.231 e. The van der Waals surface area contributed by atoms with Gasteiger partial charge in [-0.05, 0) is 42.7 Å². The molecule has 90 valence electrons. The molecule has 0 radical (unpaired) electrons. The highest BCUT2D eigenvalue weighted by molar-refractivity contribution is 6.03. The van der Waals surface area contributed by atoms with Gasteiger partial charge in [0.25, 0.3) is 0 Å². The minimum atomic E-state index is 0.180. The first kappa shape index (κ1) is 11.0. The zero-order valence-corrected chi connectivity index (χ0v) is 10.4. The molecule has 0 unspecified atom stereocenters. The number of hydrogen-bond acceptors (Lipinski definition) is 1. The highest BCUT2D eigenvalue weighted by Gasteiger charge is 2.25. The van der Waals surface area contributed by atoms with Crippen LogP contribution < -0.4 is 4.90 Å². The fourth-order valence-corrected chi connectivity index (χ4v) is 2.44. The van der Waals surface area contributed by atoms with Gasteiger partial charge in [-0.1, -0.05) is 30.3 Å². The number of para-hydroxylation sites is 1. The van der Waals surface area contributed by atoms with Crippen molar-refractivity contribution in [1.29, 1.82) is 0 Å². The Morgan fingerprint density at radius 3 is 2.56 bits per heavy atom. The van der Waals surface area contributed by atoms with E-state index in [0.29, 0.717) is 6.42 Å². The number of amides is 1. The predicted molar refractivity (Wildman–Crippen MR) is 73.1 cm³/mol. The number of aryl methyl sites for hydroxylation is 2. The van der Waals surface area contributed by atoms with E-state index in [1.54, 1.807) is 0 Å². The van der Waals surface area contributed by atoms with Gasteiger partial charge in [-0.3, -0.25) is 9.69 Å². The Morgan fingerprint density at radius 2 is 1.78 bits per heavy atom. The van der Waals surface area contributed by atoms with Crippen molar-refractivity contribution >= 4 is 17.3 Å². The molecule has 0 bridgehead atoms. The van der Waals surface area contributed by atoms with Gasteiger partial charge in [0.15, 0.2) is 0 Å². The Bertz CT molecular complexity index is 589. The number of fused-ring (bicyclic) bond motifs is 1. The van der Waals surface area contributed by atoms with Crippen molar-refractivity contribution in [3.63, 3.8) is 0 Å². The molecule has 2 aromatic carbocycles. The van der Waals surface area contributed by atoms with E-state index < -0.39 is 0 Å². The van der Waals surface area contributed by atoms with E-state index in [0.717, 1.165) is 17.8 Å². The van der Waals surface area contributed by atoms with Crippen molar-refractivity contribution < 1.29 is 4.79 Å². The lowest BCUT2D eigenvalue weighted by Crippen LogP contribution is -2.30. The molecular weight excluding hydrogens is 222 g/mol. The summed E-state index contributed by atoms with van der Waals surface area (Å²) in [5.41, 5.74) is 4.43. The van der Waals surface area contributed by atoms with Crippen LogP contribution in [0.4, 0.5) is 11.4 Å². The van der Waals surface area contributed by atoms with Crippen molar-refractivity contribution in [1.82, 2.24) is 0 Å². The van der Waals surface area contributed by atoms with Gasteiger partial charge in [0, 0.05) is 12.1 Å². The maximum Gasteiger partial charge on any atom is 0.231 e. The number of anilines is 2. The lowest BCUT2D eigenvalue weighted by molar-refractivity contribution is -0.118. The van der Waals surface area contributed by atoms with Gasteiger partial charge in [0.2, 0.25) is 5.91 Å². The Morgan fingerprint density at radius 1 is 1.00 bits per heavy atom. The average Bonchev–Trinajstić information content (AvgIpc) is 2.39. The second-order valence-corrected chi connectivity index (χ2v) is 4.70. The molecule has 0 spiro atoms. The van der Waals surface area contributed by atoms with Crippen LogP contribution in [0.2, 0.25) is 0 Å². The number of carbonyl (C=O) groups excluding carboxylic acids is 1. The minimum absolute atomic E-state index is 0.180. The maximum atomic E-state index is 12.2. The molecule has 0 N–H and O–H groups in total. The van der Waals surface area contributed by atoms with Crippen LogP contribution in [0.5, 0.6) is 0 Å². The summed E-state index contributed by atoms with van der Waals surface area (Å²) in [5.74, 6) is 0.180. The van der Waals surface area contributed by atoms with Crippen molar-refractivity contribution in [3.8, 4) is 0 Å². The SMILES string of the molecule is Cc1ccc2c(c1)N(c1ccccc1)C(=O)CC2. The van der Waals surface area contributed by atoms with Gasteiger partial charge in [0.05, 0.1) is 5.69 Å². The largest absolute Gasteiger partial charge is 0.281 e. The third-order valence-electron chi connectivity index (χ3n) is 3.35. The molecule has 0 aliphatic carbocycles. The molecule has 2 nitrogen and oxygen atoms in total. The fraction of sp³-hybridized carbons (Fsp3) is 0.188. The van der Waals surface area contributed by atoms with Crippen LogP contribution in [-0.4, -0.2) is 5.91 Å². The van der Waals surface area contributed by atoms with Gasteiger partial charge < -0.3 is 0 Å². The monoisotopic (exact) mass is 237 g/mol. The molecule has 0 saturated heterocycles. The molecular formula is C16H15NO. The summed E-state index contributed by atoms with van der Waals surface area (Å²) in [6, 6.07) is 16.2. The molecule has 1 aliphatic rings. The molecule has 18 heavy (non-hydrogen) atoms. The van der Waals surface area contributed by atoms with E-state index >= 15 is 0 Å². The molecule has 0 fully saturated rings. The highest BCUT2D eigenvalue weighted by Crippen LogP contribution is 2.34. The summed E-state index contributed by atoms with van der Waals surface area (Å²) < 4.78 is 0. The number of nitrogens with zero attached hydrogens (tertiary/aromatic N) is 1. The standard InChI is InChI=1S/C16H15NO/c1-12-7-8-13-9-10-16(18)17(15(13)11-12)14-5-3-2-4-6-14/h2-8,11H,9-10H2,1H3. The second kappa shape index (κ2) is 4.30. The second-order valence-electron chi connectivity index (χ2n) is 4.70. The van der Waals surface area contributed by atoms with Crippen molar-refractivity contribution in [2.75, 3.05) is 4.90 Å². The lowest BCUT2D eigenvalue weighted by Gasteiger charge is -2.29. The molecule has 1 heterocycles. The van der Waals surface area contributed by atoms with Gasteiger partial charge >= 0.3 is 0 Å². The summed E-state index contributed by atoms with van der Waals surface area (Å²) in [5, 5.41) is 0. The highest BCUT2D eigenvalue weighted by atomic mass is 16.2. The summed E-state index contributed by atoms with van der Waals surface area (Å²) >= 11 is 0. The molecule has 2 heteroatoms. The van der Waals surface area contributed by atoms with Gasteiger partial charge in [-0.2, -0.15) is 0 Å². The normalized spacial score (nSPS) is 14.5. The van der Waals surface area contributed by atoms with E-state index in [2.05, 4.69) is 25.1 Å². The fourth-order valence-electron chi connectivity index (χ4n) is 2.44. The number of hydrogen-bond donors (Lipinski definition) is 0. The number of rotatable bonds is 1. The first-order valence-corrected chi connectivity index (χ1v) is 6.23. The van der Waals surface area contributed by atoms with E-state index in [1.165, 1.54) is 11.1 Å². The van der Waals surface area contributed by atoms with E-state index in [1.807, 2.05) is 35.2 Å². The van der Waals surface area contributed by atoms with Gasteiger partial charge in [0.1, 0.15) is 0 Å². The number of carbonyl (C=O) groups is 1. The van der Waals surface area contributed by atoms with Crippen LogP contribution in [-0.2, 0) is 11.2 Å². The topological polar surface area (TPSA) is 20.3 Å². The zero-order chi connectivity index (χ0) is 12.5. The van der Waals surface area contributed by atoms with Crippen LogP contribution >= 0.6 is 0 Å². The third kappa shape index (κ3) is 1.80. The van der Waals surface area contributed by atoms with Gasteiger partial charge in [-0.15, -0.1) is 0 Å². The molecule has 1 amide bonds. The Labute approximate surface area is 107 Å². The Hall–Kier alpha value is -2.09. The van der Waals surface area contributed by atoms with Crippen LogP contribution in [0.15, 0.2) is 48.5 Å². The average molecular weight is 237 g/mol. The van der Waals surface area contributed by atoms with E-state index in [9.17, 15) is 4.79 Å². The minimum Gasteiger partial charge on any atom is -0.281 e. The lowest BCUT2D eigenvalue weighted by atomic mass is 9.99. The molecule has 0 aromatic heterocycles. The maximum absolute atomic E-state index is 12.2. The summed E-state index contributed by atoms with van der Waals surface area (Å²) in [4.78, 5) is 14.0. The number of benzene rings is 2. The molecule has 2 aromatic rings. The van der Waals surface area contributed by atoms with Gasteiger partial charge in [-0.25, -0.2) is 0 Å². The molecule has 0 saturated carbocycles. The van der Waals surface area contributed by atoms with E-state index in [-0.39, 0.29) is 5.91 Å². The third-order valence-corrected chi connectivity index (χ3v) is 3.35. The van der Waals surface area contributed by atoms with Crippen molar-refractivity contribution in [2.24, 2.45) is 0 Å². The first-order chi connectivity index (χ1) is 8.75. The molecule has 1 aliphatic heterocycles. The Kier molecular flexibility index (Phi) is 2.63. The molecule has 3 rings (SSSR count). The summed E-state index contributed by atoms with van der Waals surface area (Å²) in [6.45, 7) is 2.06. The Balaban J connectivity index is 2.15. The van der Waals surface area contributed by atoms with Crippen molar-refractivity contribution in [3.05, 3.63) is 59.7 Å². The van der Waals surface area contributed by atoms with Crippen molar-refractivity contribution in [2.45, 2.75) is 19.8 Å². The van der Waals surface area contributed by atoms with Crippen LogP contribution in [0, 0.1) is 6.92 Å². The zero-order valence-electron chi connectivity index (χ0n) is 10.4. The summed E-state index contributed by atoms with van der Waals surface area (Å²) in [6.07, 6.45) is 1.43. The predicted octanol–water partition coefficient (Wildman–Crippen LogP) is 3.61. The quantitative estimate of drug-likeness (QED) is 0.742. The molecule has 0 atom stereocenters. The van der Waals surface area contributed by atoms with Crippen LogP contribution in [0.25, 0.3) is 0 Å².